The first-order valence-electron chi connectivity index (χ1n) is 10.2. The smallest absolute Gasteiger partial charge is 0.264 e. The predicted molar refractivity (Wildman–Crippen MR) is 127 cm³/mol. The van der Waals surface area contributed by atoms with Crippen LogP contribution in [0.3, 0.4) is 0 Å². The summed E-state index contributed by atoms with van der Waals surface area (Å²) in [4.78, 5) is 12.7. The summed E-state index contributed by atoms with van der Waals surface area (Å²) in [6.45, 7) is 3.56. The van der Waals surface area contributed by atoms with Gasteiger partial charge in [0, 0.05) is 0 Å². The summed E-state index contributed by atoms with van der Waals surface area (Å²) in [5.41, 5.74) is 4.17. The highest BCUT2D eigenvalue weighted by molar-refractivity contribution is 7.92. The lowest BCUT2D eigenvalue weighted by Crippen LogP contribution is -2.39. The molecule has 0 aliphatic rings. The average Bonchev–Trinajstić information content (AvgIpc) is 2.80. The van der Waals surface area contributed by atoms with Gasteiger partial charge in [0.15, 0.2) is 11.5 Å². The quantitative estimate of drug-likeness (QED) is 0.370. The first-order chi connectivity index (χ1) is 15.8. The minimum atomic E-state index is -3.98. The van der Waals surface area contributed by atoms with Crippen molar-refractivity contribution in [3.05, 3.63) is 83.9 Å². The Bertz CT molecular complexity index is 1240. The fourth-order valence-corrected chi connectivity index (χ4v) is 4.48. The van der Waals surface area contributed by atoms with Gasteiger partial charge in [0.2, 0.25) is 0 Å². The third kappa shape index (κ3) is 6.11. The van der Waals surface area contributed by atoms with Gasteiger partial charge < -0.3 is 9.84 Å². The number of ether oxygens (including phenoxy) is 1. The van der Waals surface area contributed by atoms with Crippen molar-refractivity contribution in [3.63, 3.8) is 0 Å². The van der Waals surface area contributed by atoms with E-state index >= 15 is 0 Å². The molecular weight excluding hydrogens is 442 g/mol. The molecule has 0 saturated carbocycles. The van der Waals surface area contributed by atoms with Crippen molar-refractivity contribution in [2.24, 2.45) is 5.10 Å². The summed E-state index contributed by atoms with van der Waals surface area (Å²) in [5, 5.41) is 13.7. The number of carbonyl (C=O) groups excluding carboxylic acids is 1. The molecule has 0 atom stereocenters. The number of nitrogens with zero attached hydrogens (tertiary/aromatic N) is 2. The lowest BCUT2D eigenvalue weighted by Gasteiger charge is -2.24. The molecule has 3 rings (SSSR count). The zero-order valence-electron chi connectivity index (χ0n) is 18.3. The summed E-state index contributed by atoms with van der Waals surface area (Å²) < 4.78 is 32.9. The van der Waals surface area contributed by atoms with Crippen molar-refractivity contribution in [1.82, 2.24) is 5.43 Å². The molecule has 0 aliphatic carbocycles. The van der Waals surface area contributed by atoms with Crippen LogP contribution in [0.5, 0.6) is 11.5 Å². The molecule has 1 amide bonds. The van der Waals surface area contributed by atoms with Gasteiger partial charge in [0.1, 0.15) is 6.54 Å². The second-order valence-corrected chi connectivity index (χ2v) is 8.98. The number of phenolic OH excluding ortho intramolecular Hbond substituents is 1. The number of aryl methyl sites for hydroxylation is 1. The Morgan fingerprint density at radius 3 is 2.55 bits per heavy atom. The van der Waals surface area contributed by atoms with Gasteiger partial charge >= 0.3 is 0 Å². The largest absolute Gasteiger partial charge is 0.504 e. The number of amides is 1. The molecule has 0 heterocycles. The van der Waals surface area contributed by atoms with E-state index in [9.17, 15) is 18.3 Å². The molecule has 172 valence electrons. The fraction of sp³-hybridized carbons (Fsp3) is 0.167. The Kier molecular flexibility index (Phi) is 7.68. The molecule has 3 aromatic rings. The predicted octanol–water partition coefficient (Wildman–Crippen LogP) is 3.44. The van der Waals surface area contributed by atoms with Crippen LogP contribution in [-0.2, 0) is 14.8 Å². The monoisotopic (exact) mass is 467 g/mol. The molecular formula is C24H25N3O5S. The summed E-state index contributed by atoms with van der Waals surface area (Å²) in [5.74, 6) is -0.318. The topological polar surface area (TPSA) is 108 Å². The molecule has 33 heavy (non-hydrogen) atoms. The fourth-order valence-electron chi connectivity index (χ4n) is 3.04. The number of rotatable bonds is 9. The zero-order valence-corrected chi connectivity index (χ0v) is 19.1. The van der Waals surface area contributed by atoms with Crippen LogP contribution in [-0.4, -0.2) is 38.8 Å². The van der Waals surface area contributed by atoms with Crippen molar-refractivity contribution in [2.75, 3.05) is 17.5 Å². The molecule has 2 N–H and O–H groups in total. The molecule has 0 aliphatic heterocycles. The van der Waals surface area contributed by atoms with Crippen LogP contribution in [0, 0.1) is 6.92 Å². The van der Waals surface area contributed by atoms with Crippen LogP contribution in [0.4, 0.5) is 5.69 Å². The van der Waals surface area contributed by atoms with Gasteiger partial charge in [0.25, 0.3) is 15.9 Å². The number of benzene rings is 3. The van der Waals surface area contributed by atoms with Crippen LogP contribution < -0.4 is 14.5 Å². The van der Waals surface area contributed by atoms with Gasteiger partial charge in [-0.1, -0.05) is 30.3 Å². The maximum absolute atomic E-state index is 13.3. The minimum absolute atomic E-state index is 0.00190. The maximum atomic E-state index is 13.3. The van der Waals surface area contributed by atoms with Crippen LogP contribution in [0.25, 0.3) is 0 Å². The summed E-state index contributed by atoms with van der Waals surface area (Å²) in [6, 6.07) is 19.5. The standard InChI is InChI=1S/C24H25N3O5S/c1-3-32-23-15-19(12-13-22(23)28)16-25-26-24(29)17-27(20-9-7-8-18(2)14-20)33(30,31)21-10-5-4-6-11-21/h4-16,28H,3,17H2,1-2H3,(H,26,29)/b25-16-. The van der Waals surface area contributed by atoms with Gasteiger partial charge in [-0.3, -0.25) is 9.10 Å². The average molecular weight is 468 g/mol. The highest BCUT2D eigenvalue weighted by Gasteiger charge is 2.27. The second-order valence-electron chi connectivity index (χ2n) is 7.12. The van der Waals surface area contributed by atoms with E-state index < -0.39 is 22.5 Å². The number of hydrazone groups is 1. The van der Waals surface area contributed by atoms with Crippen molar-refractivity contribution in [1.29, 1.82) is 0 Å². The van der Waals surface area contributed by atoms with E-state index in [1.807, 2.05) is 13.0 Å². The molecule has 0 aromatic heterocycles. The van der Waals surface area contributed by atoms with Crippen LogP contribution in [0.1, 0.15) is 18.1 Å². The molecule has 9 heteroatoms. The highest BCUT2D eigenvalue weighted by Crippen LogP contribution is 2.26. The number of anilines is 1. The van der Waals surface area contributed by atoms with Gasteiger partial charge in [-0.25, -0.2) is 13.8 Å². The SMILES string of the molecule is CCOc1cc(/C=N\NC(=O)CN(c2cccc(C)c2)S(=O)(=O)c2ccccc2)ccc1O. The third-order valence-electron chi connectivity index (χ3n) is 4.59. The lowest BCUT2D eigenvalue weighted by molar-refractivity contribution is -0.119. The molecule has 8 nitrogen and oxygen atoms in total. The van der Waals surface area contributed by atoms with E-state index in [-0.39, 0.29) is 10.6 Å². The number of hydrogen-bond donors (Lipinski definition) is 2. The van der Waals surface area contributed by atoms with Crippen LogP contribution >= 0.6 is 0 Å². The van der Waals surface area contributed by atoms with E-state index in [1.165, 1.54) is 24.4 Å². The van der Waals surface area contributed by atoms with Gasteiger partial charge in [-0.2, -0.15) is 5.10 Å². The Morgan fingerprint density at radius 2 is 1.85 bits per heavy atom. The van der Waals surface area contributed by atoms with Crippen molar-refractivity contribution in [2.45, 2.75) is 18.7 Å². The zero-order chi connectivity index (χ0) is 23.8. The van der Waals surface area contributed by atoms with E-state index in [2.05, 4.69) is 10.5 Å². The molecule has 0 saturated heterocycles. The van der Waals surface area contributed by atoms with Gasteiger partial charge in [-0.15, -0.1) is 0 Å². The number of aromatic hydroxyl groups is 1. The number of phenols is 1. The Hall–Kier alpha value is -3.85. The molecule has 0 bridgehead atoms. The number of nitrogens with one attached hydrogen (secondary N) is 1. The first-order valence-corrected chi connectivity index (χ1v) is 11.7. The lowest BCUT2D eigenvalue weighted by atomic mass is 10.2. The molecule has 0 fully saturated rings. The molecule has 0 spiro atoms. The van der Waals surface area contributed by atoms with Gasteiger partial charge in [0.05, 0.1) is 23.4 Å². The molecule has 0 unspecified atom stereocenters. The van der Waals surface area contributed by atoms with Crippen LogP contribution in [0.15, 0.2) is 82.8 Å². The second kappa shape index (κ2) is 10.6. The Labute approximate surface area is 193 Å². The molecule has 0 radical (unpaired) electrons. The third-order valence-corrected chi connectivity index (χ3v) is 6.38. The number of sulfonamides is 1. The van der Waals surface area contributed by atoms with E-state index in [4.69, 9.17) is 4.74 Å². The number of hydrogen-bond acceptors (Lipinski definition) is 6. The van der Waals surface area contributed by atoms with E-state index in [1.54, 1.807) is 55.5 Å². The van der Waals surface area contributed by atoms with Crippen molar-refractivity contribution < 1.29 is 23.1 Å². The Morgan fingerprint density at radius 1 is 1.09 bits per heavy atom. The highest BCUT2D eigenvalue weighted by atomic mass is 32.2. The Balaban J connectivity index is 1.80. The van der Waals surface area contributed by atoms with E-state index in [0.29, 0.717) is 23.6 Å². The van der Waals surface area contributed by atoms with Crippen LogP contribution in [0.2, 0.25) is 0 Å². The molecule has 3 aromatic carbocycles. The summed E-state index contributed by atoms with van der Waals surface area (Å²) >= 11 is 0. The van der Waals surface area contributed by atoms with Gasteiger partial charge in [-0.05, 0) is 67.4 Å². The van der Waals surface area contributed by atoms with E-state index in [0.717, 1.165) is 9.87 Å². The normalized spacial score (nSPS) is 11.3. The first kappa shape index (κ1) is 23.8. The number of carbonyl (C=O) groups is 1. The maximum Gasteiger partial charge on any atom is 0.264 e. The summed E-state index contributed by atoms with van der Waals surface area (Å²) in [6.07, 6.45) is 1.38. The van der Waals surface area contributed by atoms with Crippen molar-refractivity contribution in [3.8, 4) is 11.5 Å². The minimum Gasteiger partial charge on any atom is -0.504 e. The van der Waals surface area contributed by atoms with Crippen molar-refractivity contribution >= 4 is 27.8 Å². The summed E-state index contributed by atoms with van der Waals surface area (Å²) in [7, 11) is -3.98.